The molecule has 0 heterocycles. The van der Waals surface area contributed by atoms with E-state index < -0.39 is 5.97 Å². The van der Waals surface area contributed by atoms with E-state index in [1.54, 1.807) is 36.4 Å². The van der Waals surface area contributed by atoms with Crippen molar-refractivity contribution in [2.24, 2.45) is 0 Å². The van der Waals surface area contributed by atoms with Crippen molar-refractivity contribution in [1.29, 1.82) is 0 Å². The standard InChI is InChI=1S/C18H19NO6/c1-23-12-17(20)19-15-4-2-3-5-16(15)25-11-10-24-14-8-6-13(7-9-14)18(21)22/h2-9H,10-12H2,1H3,(H,19,20)(H,21,22). The minimum absolute atomic E-state index is 0.0379. The Morgan fingerprint density at radius 2 is 1.68 bits per heavy atom. The Hall–Kier alpha value is -3.06. The normalized spacial score (nSPS) is 10.1. The third-order valence-corrected chi connectivity index (χ3v) is 3.15. The van der Waals surface area contributed by atoms with Crippen LogP contribution in [0.25, 0.3) is 0 Å². The number of nitrogens with one attached hydrogen (secondary N) is 1. The van der Waals surface area contributed by atoms with E-state index in [4.69, 9.17) is 19.3 Å². The molecule has 0 bridgehead atoms. The van der Waals surface area contributed by atoms with E-state index in [9.17, 15) is 9.59 Å². The summed E-state index contributed by atoms with van der Waals surface area (Å²) in [7, 11) is 1.45. The largest absolute Gasteiger partial charge is 0.490 e. The molecule has 2 N–H and O–H groups in total. The van der Waals surface area contributed by atoms with Gasteiger partial charge in [0.05, 0.1) is 11.3 Å². The topological polar surface area (TPSA) is 94.1 Å². The molecule has 0 radical (unpaired) electrons. The zero-order valence-corrected chi connectivity index (χ0v) is 13.7. The fraction of sp³-hybridized carbons (Fsp3) is 0.222. The third kappa shape index (κ3) is 5.82. The van der Waals surface area contributed by atoms with Crippen LogP contribution >= 0.6 is 0 Å². The summed E-state index contributed by atoms with van der Waals surface area (Å²) in [6.07, 6.45) is 0. The average molecular weight is 345 g/mol. The lowest BCUT2D eigenvalue weighted by molar-refractivity contribution is -0.119. The number of methoxy groups -OCH3 is 1. The zero-order valence-electron chi connectivity index (χ0n) is 13.7. The minimum Gasteiger partial charge on any atom is -0.490 e. The van der Waals surface area contributed by atoms with Crippen LogP contribution in [0.1, 0.15) is 10.4 Å². The van der Waals surface area contributed by atoms with Crippen molar-refractivity contribution in [2.75, 3.05) is 32.2 Å². The van der Waals surface area contributed by atoms with Crippen molar-refractivity contribution in [3.63, 3.8) is 0 Å². The SMILES string of the molecule is COCC(=O)Nc1ccccc1OCCOc1ccc(C(=O)O)cc1. The maximum Gasteiger partial charge on any atom is 0.335 e. The number of aromatic carboxylic acids is 1. The molecule has 7 heteroatoms. The van der Waals surface area contributed by atoms with Gasteiger partial charge in [0, 0.05) is 7.11 Å². The van der Waals surface area contributed by atoms with Crippen molar-refractivity contribution in [1.82, 2.24) is 0 Å². The number of carbonyl (C=O) groups excluding carboxylic acids is 1. The molecule has 0 spiro atoms. The highest BCUT2D eigenvalue weighted by molar-refractivity contribution is 5.93. The highest BCUT2D eigenvalue weighted by Gasteiger charge is 2.07. The van der Waals surface area contributed by atoms with Crippen LogP contribution in [0.15, 0.2) is 48.5 Å². The molecule has 0 aliphatic rings. The number of hydrogen-bond donors (Lipinski definition) is 2. The fourth-order valence-corrected chi connectivity index (χ4v) is 2.02. The number of benzene rings is 2. The quantitative estimate of drug-likeness (QED) is 0.678. The number of hydrogen-bond acceptors (Lipinski definition) is 5. The maximum atomic E-state index is 11.6. The van der Waals surface area contributed by atoms with Gasteiger partial charge in [0.2, 0.25) is 5.91 Å². The lowest BCUT2D eigenvalue weighted by Gasteiger charge is -2.13. The molecule has 0 atom stereocenters. The van der Waals surface area contributed by atoms with Gasteiger partial charge in [-0.15, -0.1) is 0 Å². The lowest BCUT2D eigenvalue weighted by Crippen LogP contribution is -2.18. The Kier molecular flexibility index (Phi) is 6.79. The van der Waals surface area contributed by atoms with Gasteiger partial charge in [-0.25, -0.2) is 4.79 Å². The summed E-state index contributed by atoms with van der Waals surface area (Å²) in [5.74, 6) is -0.178. The molecule has 7 nitrogen and oxygen atoms in total. The van der Waals surface area contributed by atoms with E-state index in [0.717, 1.165) is 0 Å². The first-order valence-corrected chi connectivity index (χ1v) is 7.57. The van der Waals surface area contributed by atoms with Gasteiger partial charge in [0.25, 0.3) is 0 Å². The first-order valence-electron chi connectivity index (χ1n) is 7.57. The predicted octanol–water partition coefficient (Wildman–Crippen LogP) is 2.43. The van der Waals surface area contributed by atoms with Crippen LogP contribution < -0.4 is 14.8 Å². The van der Waals surface area contributed by atoms with E-state index in [0.29, 0.717) is 17.2 Å². The molecule has 0 unspecified atom stereocenters. The summed E-state index contributed by atoms with van der Waals surface area (Å²) in [4.78, 5) is 22.4. The number of anilines is 1. The zero-order chi connectivity index (χ0) is 18.1. The summed E-state index contributed by atoms with van der Waals surface area (Å²) in [6.45, 7) is 0.494. The number of carboxylic acids is 1. The first kappa shape index (κ1) is 18.3. The van der Waals surface area contributed by atoms with Gasteiger partial charge in [-0.05, 0) is 36.4 Å². The summed E-state index contributed by atoms with van der Waals surface area (Å²) in [5.41, 5.74) is 0.750. The molecular weight excluding hydrogens is 326 g/mol. The van der Waals surface area contributed by atoms with Crippen molar-refractivity contribution in [2.45, 2.75) is 0 Å². The molecule has 0 fully saturated rings. The third-order valence-electron chi connectivity index (χ3n) is 3.15. The van der Waals surface area contributed by atoms with Crippen molar-refractivity contribution in [3.8, 4) is 11.5 Å². The van der Waals surface area contributed by atoms with Gasteiger partial charge in [-0.1, -0.05) is 12.1 Å². The number of para-hydroxylation sites is 2. The Labute approximate surface area is 145 Å². The van der Waals surface area contributed by atoms with E-state index in [2.05, 4.69) is 5.32 Å². The van der Waals surface area contributed by atoms with Crippen LogP contribution in [0, 0.1) is 0 Å². The highest BCUT2D eigenvalue weighted by atomic mass is 16.5. The molecular formula is C18H19NO6. The van der Waals surface area contributed by atoms with Crippen LogP contribution in [0.5, 0.6) is 11.5 Å². The van der Waals surface area contributed by atoms with E-state index in [1.165, 1.54) is 19.2 Å². The molecule has 0 saturated heterocycles. The number of rotatable bonds is 9. The predicted molar refractivity (Wildman–Crippen MR) is 91.3 cm³/mol. The Balaban J connectivity index is 1.83. The van der Waals surface area contributed by atoms with Gasteiger partial charge in [-0.3, -0.25) is 4.79 Å². The lowest BCUT2D eigenvalue weighted by atomic mass is 10.2. The summed E-state index contributed by atoms with van der Waals surface area (Å²) in [6, 6.07) is 13.2. The van der Waals surface area contributed by atoms with E-state index >= 15 is 0 Å². The number of amides is 1. The molecule has 2 aromatic rings. The van der Waals surface area contributed by atoms with Gasteiger partial charge in [-0.2, -0.15) is 0 Å². The van der Waals surface area contributed by atoms with Gasteiger partial charge in [0.1, 0.15) is 31.3 Å². The maximum absolute atomic E-state index is 11.6. The summed E-state index contributed by atoms with van der Waals surface area (Å²) >= 11 is 0. The van der Waals surface area contributed by atoms with Crippen LogP contribution in [0.2, 0.25) is 0 Å². The number of ether oxygens (including phenoxy) is 3. The molecule has 132 valence electrons. The molecule has 2 aromatic carbocycles. The molecule has 0 aliphatic carbocycles. The van der Waals surface area contributed by atoms with E-state index in [-0.39, 0.29) is 31.3 Å². The molecule has 0 aromatic heterocycles. The summed E-state index contributed by atoms with van der Waals surface area (Å²) < 4.78 is 15.9. The first-order chi connectivity index (χ1) is 12.1. The number of carbonyl (C=O) groups is 2. The van der Waals surface area contributed by atoms with Gasteiger partial charge < -0.3 is 24.6 Å². The monoisotopic (exact) mass is 345 g/mol. The second kappa shape index (κ2) is 9.29. The number of carboxylic acid groups (broad SMARTS) is 1. The Morgan fingerprint density at radius 1 is 1.00 bits per heavy atom. The minimum atomic E-state index is -0.984. The van der Waals surface area contributed by atoms with Crippen molar-refractivity contribution < 1.29 is 28.9 Å². The fourth-order valence-electron chi connectivity index (χ4n) is 2.02. The smallest absolute Gasteiger partial charge is 0.335 e. The van der Waals surface area contributed by atoms with Crippen LogP contribution in [-0.4, -0.2) is 43.9 Å². The van der Waals surface area contributed by atoms with Crippen LogP contribution in [-0.2, 0) is 9.53 Å². The Bertz CT molecular complexity index is 714. The second-order valence-electron chi connectivity index (χ2n) is 5.00. The van der Waals surface area contributed by atoms with Crippen molar-refractivity contribution >= 4 is 17.6 Å². The summed E-state index contributed by atoms with van der Waals surface area (Å²) in [5, 5.41) is 11.5. The molecule has 0 aliphatic heterocycles. The second-order valence-corrected chi connectivity index (χ2v) is 5.00. The van der Waals surface area contributed by atoms with Gasteiger partial charge >= 0.3 is 5.97 Å². The van der Waals surface area contributed by atoms with Crippen molar-refractivity contribution in [3.05, 3.63) is 54.1 Å². The Morgan fingerprint density at radius 3 is 2.36 bits per heavy atom. The molecule has 0 saturated carbocycles. The van der Waals surface area contributed by atoms with Gasteiger partial charge in [0.15, 0.2) is 0 Å². The molecule has 1 amide bonds. The average Bonchev–Trinajstić information content (AvgIpc) is 2.60. The van der Waals surface area contributed by atoms with Crippen LogP contribution in [0.4, 0.5) is 5.69 Å². The molecule has 25 heavy (non-hydrogen) atoms. The highest BCUT2D eigenvalue weighted by Crippen LogP contribution is 2.23. The van der Waals surface area contributed by atoms with E-state index in [1.807, 2.05) is 0 Å². The molecule has 2 rings (SSSR count). The van der Waals surface area contributed by atoms with Crippen LogP contribution in [0.3, 0.4) is 0 Å².